The van der Waals surface area contributed by atoms with Crippen LogP contribution in [0, 0.1) is 9.39 Å². The summed E-state index contributed by atoms with van der Waals surface area (Å²) in [5, 5.41) is 14.2. The lowest BCUT2D eigenvalue weighted by Crippen LogP contribution is -2.31. The van der Waals surface area contributed by atoms with Crippen LogP contribution >= 0.6 is 22.6 Å². The van der Waals surface area contributed by atoms with Gasteiger partial charge in [-0.15, -0.1) is 0 Å². The zero-order valence-electron chi connectivity index (χ0n) is 15.1. The van der Waals surface area contributed by atoms with Crippen LogP contribution in [0.5, 0.6) is 0 Å². The Hall–Kier alpha value is -2.31. The van der Waals surface area contributed by atoms with Crippen LogP contribution in [-0.4, -0.2) is 41.1 Å². The number of aromatic carboxylic acids is 1. The number of halogens is 2. The number of pyridine rings is 1. The Labute approximate surface area is 174 Å². The Morgan fingerprint density at radius 2 is 2.14 bits per heavy atom. The van der Waals surface area contributed by atoms with E-state index in [0.29, 0.717) is 13.0 Å². The summed E-state index contributed by atoms with van der Waals surface area (Å²) in [6.45, 7) is 4.03. The summed E-state index contributed by atoms with van der Waals surface area (Å²) < 4.78 is 24.8. The molecule has 10 heteroatoms. The smallest absolute Gasteiger partial charge is 0.337 e. The Kier molecular flexibility index (Phi) is 7.66. The molecule has 2 heterocycles. The molecule has 1 aliphatic rings. The lowest BCUT2D eigenvalue weighted by Gasteiger charge is -2.15. The minimum atomic E-state index is -1.09. The van der Waals surface area contributed by atoms with Crippen LogP contribution in [-0.2, 0) is 14.3 Å². The van der Waals surface area contributed by atoms with E-state index in [-0.39, 0.29) is 23.2 Å². The molecule has 150 valence electrons. The predicted molar refractivity (Wildman–Crippen MR) is 108 cm³/mol. The second-order valence-corrected chi connectivity index (χ2v) is 7.32. The zero-order chi connectivity index (χ0) is 20.7. The molecule has 3 N–H and O–H groups in total. The van der Waals surface area contributed by atoms with Crippen molar-refractivity contribution < 1.29 is 28.6 Å². The third-order valence-electron chi connectivity index (χ3n) is 3.51. The molecule has 1 saturated heterocycles. The molecule has 1 fully saturated rings. The molecule has 3 rings (SSSR count). The minimum absolute atomic E-state index is 0.0444. The van der Waals surface area contributed by atoms with Crippen LogP contribution in [0.1, 0.15) is 24.2 Å². The summed E-state index contributed by atoms with van der Waals surface area (Å²) >= 11 is 2.00. The fraction of sp³-hybridized carbons (Fsp3) is 0.278. The van der Waals surface area contributed by atoms with Crippen LogP contribution in [0.25, 0.3) is 0 Å². The first-order valence-corrected chi connectivity index (χ1v) is 9.20. The van der Waals surface area contributed by atoms with Gasteiger partial charge in [-0.25, -0.2) is 9.18 Å². The number of carboxylic acids is 1. The van der Waals surface area contributed by atoms with Gasteiger partial charge in [0, 0.05) is 9.77 Å². The van der Waals surface area contributed by atoms with Gasteiger partial charge in [-0.3, -0.25) is 9.78 Å². The van der Waals surface area contributed by atoms with E-state index in [0.717, 1.165) is 3.57 Å². The Bertz CT molecular complexity index is 850. The number of rotatable bonds is 5. The van der Waals surface area contributed by atoms with E-state index in [4.69, 9.17) is 14.6 Å². The summed E-state index contributed by atoms with van der Waals surface area (Å²) in [6, 6.07) is 5.99. The number of carboxylic acid groups (broad SMARTS) is 1. The van der Waals surface area contributed by atoms with E-state index >= 15 is 0 Å². The second kappa shape index (κ2) is 9.75. The number of benzene rings is 1. The highest BCUT2D eigenvalue weighted by atomic mass is 127. The van der Waals surface area contributed by atoms with Gasteiger partial charge in [0.05, 0.1) is 29.7 Å². The standard InChI is InChI=1S/C12H8FIN2O2.C6H11NO3/c13-9-5-7(14)1-2-10(9)16-11-6-15-4-3-8(11)12(17)18;1-6(2)9-3-5(10-6)7-4-8/h1-6,16H,(H,17,18);4-5H,3H2,1-2H3,(H,7,8). The van der Waals surface area contributed by atoms with Crippen LogP contribution in [0.15, 0.2) is 36.7 Å². The first kappa shape index (κ1) is 22.0. The second-order valence-electron chi connectivity index (χ2n) is 6.08. The monoisotopic (exact) mass is 503 g/mol. The zero-order valence-corrected chi connectivity index (χ0v) is 17.3. The number of carbonyl (C=O) groups excluding carboxylic acids is 1. The fourth-order valence-corrected chi connectivity index (χ4v) is 2.71. The number of hydrogen-bond donors (Lipinski definition) is 3. The molecule has 0 spiro atoms. The highest BCUT2D eigenvalue weighted by Crippen LogP contribution is 2.23. The fourth-order valence-electron chi connectivity index (χ4n) is 2.26. The molecule has 1 aliphatic heterocycles. The van der Waals surface area contributed by atoms with Gasteiger partial charge >= 0.3 is 5.97 Å². The number of anilines is 2. The molecule has 0 saturated carbocycles. The maximum atomic E-state index is 13.6. The van der Waals surface area contributed by atoms with Crippen molar-refractivity contribution in [2.45, 2.75) is 25.9 Å². The first-order valence-electron chi connectivity index (χ1n) is 8.12. The van der Waals surface area contributed by atoms with Crippen molar-refractivity contribution >= 4 is 46.3 Å². The van der Waals surface area contributed by atoms with Gasteiger partial charge in [-0.05, 0) is 60.7 Å². The first-order chi connectivity index (χ1) is 13.2. The molecular weight excluding hydrogens is 484 g/mol. The molecule has 8 nitrogen and oxygen atoms in total. The summed E-state index contributed by atoms with van der Waals surface area (Å²) in [5.41, 5.74) is 0.513. The number of ether oxygens (including phenoxy) is 2. The van der Waals surface area contributed by atoms with Crippen LogP contribution < -0.4 is 10.6 Å². The molecule has 2 aromatic rings. The van der Waals surface area contributed by atoms with Gasteiger partial charge in [-0.1, -0.05) is 0 Å². The molecule has 1 atom stereocenters. The van der Waals surface area contributed by atoms with Crippen LogP contribution in [0.3, 0.4) is 0 Å². The van der Waals surface area contributed by atoms with E-state index in [1.165, 1.54) is 24.5 Å². The SMILES string of the molecule is CC1(C)OCC(NC=O)O1.O=C(O)c1ccncc1Nc1ccc(I)cc1F. The molecule has 28 heavy (non-hydrogen) atoms. The van der Waals surface area contributed by atoms with Gasteiger partial charge < -0.3 is 25.2 Å². The Morgan fingerprint density at radius 1 is 1.39 bits per heavy atom. The van der Waals surface area contributed by atoms with Gasteiger partial charge in [0.1, 0.15) is 5.82 Å². The van der Waals surface area contributed by atoms with Crippen LogP contribution in [0.4, 0.5) is 15.8 Å². The number of aromatic nitrogens is 1. The summed E-state index contributed by atoms with van der Waals surface area (Å²) in [4.78, 5) is 24.7. The van der Waals surface area contributed by atoms with Crippen LogP contribution in [0.2, 0.25) is 0 Å². The lowest BCUT2D eigenvalue weighted by molar-refractivity contribution is -0.143. The largest absolute Gasteiger partial charge is 0.478 e. The third-order valence-corrected chi connectivity index (χ3v) is 4.19. The normalized spacial score (nSPS) is 17.2. The number of amides is 1. The number of hydrogen-bond acceptors (Lipinski definition) is 6. The van der Waals surface area contributed by atoms with Crippen molar-refractivity contribution in [2.24, 2.45) is 0 Å². The number of nitrogens with zero attached hydrogens (tertiary/aromatic N) is 1. The van der Waals surface area contributed by atoms with Gasteiger partial charge in [0.25, 0.3) is 0 Å². The van der Waals surface area contributed by atoms with E-state index in [9.17, 15) is 14.0 Å². The highest BCUT2D eigenvalue weighted by molar-refractivity contribution is 14.1. The van der Waals surface area contributed by atoms with E-state index in [2.05, 4.69) is 15.6 Å². The quantitative estimate of drug-likeness (QED) is 0.425. The topological polar surface area (TPSA) is 110 Å². The van der Waals surface area contributed by atoms with Gasteiger partial charge in [0.15, 0.2) is 12.0 Å². The molecule has 1 amide bonds. The average Bonchev–Trinajstić information content (AvgIpc) is 2.97. The Balaban J connectivity index is 0.000000237. The molecule has 0 aliphatic carbocycles. The third kappa shape index (κ3) is 6.39. The van der Waals surface area contributed by atoms with Gasteiger partial charge in [0.2, 0.25) is 6.41 Å². The number of nitrogens with one attached hydrogen (secondary N) is 2. The van der Waals surface area contributed by atoms with Crippen molar-refractivity contribution in [2.75, 3.05) is 11.9 Å². The van der Waals surface area contributed by atoms with Crippen molar-refractivity contribution in [1.82, 2.24) is 10.3 Å². The summed E-state index contributed by atoms with van der Waals surface area (Å²) in [7, 11) is 0. The van der Waals surface area contributed by atoms with Crippen molar-refractivity contribution in [3.05, 3.63) is 51.6 Å². The molecule has 1 aromatic heterocycles. The lowest BCUT2D eigenvalue weighted by atomic mass is 10.2. The minimum Gasteiger partial charge on any atom is -0.478 e. The van der Waals surface area contributed by atoms with E-state index in [1.807, 2.05) is 22.6 Å². The van der Waals surface area contributed by atoms with Crippen molar-refractivity contribution in [3.8, 4) is 0 Å². The molecular formula is C18H19FIN3O5. The van der Waals surface area contributed by atoms with Crippen molar-refractivity contribution in [1.29, 1.82) is 0 Å². The Morgan fingerprint density at radius 3 is 2.71 bits per heavy atom. The molecule has 1 aromatic carbocycles. The summed E-state index contributed by atoms with van der Waals surface area (Å²) in [6.07, 6.45) is 3.04. The van der Waals surface area contributed by atoms with Crippen molar-refractivity contribution in [3.63, 3.8) is 0 Å². The maximum absolute atomic E-state index is 13.6. The van der Waals surface area contributed by atoms with Gasteiger partial charge in [-0.2, -0.15) is 0 Å². The maximum Gasteiger partial charge on any atom is 0.337 e. The van der Waals surface area contributed by atoms with E-state index < -0.39 is 17.6 Å². The van der Waals surface area contributed by atoms with E-state index in [1.54, 1.807) is 26.0 Å². The number of carbonyl (C=O) groups is 2. The summed E-state index contributed by atoms with van der Waals surface area (Å²) in [5.74, 6) is -2.09. The molecule has 0 bridgehead atoms. The molecule has 0 radical (unpaired) electrons. The average molecular weight is 503 g/mol. The highest BCUT2D eigenvalue weighted by Gasteiger charge is 2.32. The molecule has 1 unspecified atom stereocenters. The predicted octanol–water partition coefficient (Wildman–Crippen LogP) is 3.11.